The van der Waals surface area contributed by atoms with Gasteiger partial charge in [0.15, 0.2) is 0 Å². The lowest BCUT2D eigenvalue weighted by Crippen LogP contribution is -2.25. The number of rotatable bonds is 5. The van der Waals surface area contributed by atoms with Gasteiger partial charge in [-0.25, -0.2) is 0 Å². The maximum Gasteiger partial charge on any atom is 0.267 e. The molecule has 1 aromatic heterocycles. The van der Waals surface area contributed by atoms with Crippen LogP contribution in [0, 0.1) is 5.92 Å². The Balaban J connectivity index is 2.03. The van der Waals surface area contributed by atoms with E-state index in [0.717, 1.165) is 24.1 Å². The first kappa shape index (κ1) is 20.5. The monoisotopic (exact) mass is 420 g/mol. The van der Waals surface area contributed by atoms with Gasteiger partial charge in [-0.05, 0) is 49.1 Å². The van der Waals surface area contributed by atoms with Crippen LogP contribution in [-0.2, 0) is 4.79 Å². The van der Waals surface area contributed by atoms with Gasteiger partial charge < -0.3 is 14.6 Å². The highest BCUT2D eigenvalue weighted by Gasteiger charge is 2.24. The SMILES string of the molecule is CCOc1ccc(/C(=C\[C@H]2CCN(C(C)=O)C2)c2ccc(Cl)c(=O)[nH]2)cc1Cl. The molecule has 0 bridgehead atoms. The molecule has 5 nitrogen and oxygen atoms in total. The van der Waals surface area contributed by atoms with E-state index in [4.69, 9.17) is 27.9 Å². The smallest absolute Gasteiger partial charge is 0.267 e. The van der Waals surface area contributed by atoms with Crippen molar-refractivity contribution in [1.29, 1.82) is 0 Å². The number of carbonyl (C=O) groups is 1. The van der Waals surface area contributed by atoms with Crippen molar-refractivity contribution in [3.63, 3.8) is 0 Å². The Hall–Kier alpha value is -2.24. The van der Waals surface area contributed by atoms with Crippen molar-refractivity contribution in [3.05, 3.63) is 68.1 Å². The number of nitrogens with zero attached hydrogens (tertiary/aromatic N) is 1. The molecule has 3 rings (SSSR count). The normalized spacial score (nSPS) is 17.1. The first-order valence-corrected chi connectivity index (χ1v) is 9.94. The van der Waals surface area contributed by atoms with E-state index in [1.54, 1.807) is 19.1 Å². The van der Waals surface area contributed by atoms with Crippen molar-refractivity contribution in [2.24, 2.45) is 5.92 Å². The lowest BCUT2D eigenvalue weighted by molar-refractivity contribution is -0.127. The van der Waals surface area contributed by atoms with E-state index in [0.29, 0.717) is 29.6 Å². The van der Waals surface area contributed by atoms with Gasteiger partial charge in [-0.3, -0.25) is 9.59 Å². The molecule has 1 atom stereocenters. The zero-order valence-corrected chi connectivity index (χ0v) is 17.3. The molecular weight excluding hydrogens is 399 g/mol. The molecule has 0 aliphatic carbocycles. The maximum atomic E-state index is 12.0. The van der Waals surface area contributed by atoms with Crippen LogP contribution in [0.3, 0.4) is 0 Å². The molecular formula is C21H22Cl2N2O3. The van der Waals surface area contributed by atoms with Crippen LogP contribution in [0.15, 0.2) is 41.2 Å². The Morgan fingerprint density at radius 3 is 2.68 bits per heavy atom. The summed E-state index contributed by atoms with van der Waals surface area (Å²) in [4.78, 5) is 28.4. The number of aromatic amines is 1. The van der Waals surface area contributed by atoms with E-state index in [2.05, 4.69) is 11.1 Å². The van der Waals surface area contributed by atoms with E-state index in [1.807, 2.05) is 30.0 Å². The molecule has 1 N–H and O–H groups in total. The summed E-state index contributed by atoms with van der Waals surface area (Å²) in [7, 11) is 0. The summed E-state index contributed by atoms with van der Waals surface area (Å²) < 4.78 is 5.51. The third kappa shape index (κ3) is 4.59. The van der Waals surface area contributed by atoms with Crippen molar-refractivity contribution in [3.8, 4) is 5.75 Å². The minimum Gasteiger partial charge on any atom is -0.492 e. The number of H-pyrrole nitrogens is 1. The van der Waals surface area contributed by atoms with E-state index in [-0.39, 0.29) is 22.4 Å². The van der Waals surface area contributed by atoms with Crippen molar-refractivity contribution in [2.75, 3.05) is 19.7 Å². The van der Waals surface area contributed by atoms with Gasteiger partial charge in [-0.2, -0.15) is 0 Å². The largest absolute Gasteiger partial charge is 0.492 e. The maximum absolute atomic E-state index is 12.0. The Bertz CT molecular complexity index is 968. The highest BCUT2D eigenvalue weighted by Crippen LogP contribution is 2.32. The van der Waals surface area contributed by atoms with Gasteiger partial charge in [-0.1, -0.05) is 35.3 Å². The molecule has 0 radical (unpaired) electrons. The third-order valence-corrected chi connectivity index (χ3v) is 5.36. The average molecular weight is 421 g/mol. The molecule has 148 valence electrons. The second-order valence-electron chi connectivity index (χ2n) is 6.72. The van der Waals surface area contributed by atoms with Crippen molar-refractivity contribution in [1.82, 2.24) is 9.88 Å². The van der Waals surface area contributed by atoms with E-state index < -0.39 is 0 Å². The lowest BCUT2D eigenvalue weighted by atomic mass is 9.96. The molecule has 2 aromatic rings. The molecule has 1 amide bonds. The number of halogens is 2. The Kier molecular flexibility index (Phi) is 6.47. The molecule has 1 saturated heterocycles. The minimum absolute atomic E-state index is 0.0708. The highest BCUT2D eigenvalue weighted by molar-refractivity contribution is 6.32. The summed E-state index contributed by atoms with van der Waals surface area (Å²) in [5.74, 6) is 0.866. The van der Waals surface area contributed by atoms with Crippen LogP contribution < -0.4 is 10.3 Å². The fourth-order valence-corrected chi connectivity index (χ4v) is 3.69. The summed E-state index contributed by atoms with van der Waals surface area (Å²) in [6.07, 6.45) is 2.96. The van der Waals surface area contributed by atoms with Gasteiger partial charge in [0.1, 0.15) is 10.8 Å². The van der Waals surface area contributed by atoms with Crippen LogP contribution in [0.25, 0.3) is 5.57 Å². The van der Waals surface area contributed by atoms with Crippen molar-refractivity contribution >= 4 is 34.7 Å². The molecule has 1 aliphatic rings. The molecule has 1 fully saturated rings. The van der Waals surface area contributed by atoms with Gasteiger partial charge in [-0.15, -0.1) is 0 Å². The Morgan fingerprint density at radius 2 is 2.07 bits per heavy atom. The lowest BCUT2D eigenvalue weighted by Gasteiger charge is -2.15. The summed E-state index contributed by atoms with van der Waals surface area (Å²) in [6, 6.07) is 8.91. The number of aromatic nitrogens is 1. The second-order valence-corrected chi connectivity index (χ2v) is 7.54. The number of nitrogens with one attached hydrogen (secondary N) is 1. The first-order chi connectivity index (χ1) is 13.4. The summed E-state index contributed by atoms with van der Waals surface area (Å²) in [5, 5.41) is 0.634. The van der Waals surface area contributed by atoms with Gasteiger partial charge in [0, 0.05) is 31.3 Å². The number of hydrogen-bond acceptors (Lipinski definition) is 3. The van der Waals surface area contributed by atoms with E-state index >= 15 is 0 Å². The van der Waals surface area contributed by atoms with Crippen LogP contribution in [0.2, 0.25) is 10.0 Å². The standard InChI is InChI=1S/C21H22Cl2N2O3/c1-3-28-20-7-4-15(11-18(20)23)16(19-6-5-17(22)21(27)24-19)10-14-8-9-25(12-14)13(2)26/h4-7,10-11,14H,3,8-9,12H2,1-2H3,(H,24,27)/b16-10+/t14-/m1/s1. The van der Waals surface area contributed by atoms with Gasteiger partial charge in [0.25, 0.3) is 5.56 Å². The number of ether oxygens (including phenoxy) is 1. The first-order valence-electron chi connectivity index (χ1n) is 9.18. The molecule has 0 saturated carbocycles. The number of carbonyl (C=O) groups excluding carboxylic acids is 1. The molecule has 2 heterocycles. The van der Waals surface area contributed by atoms with Crippen LogP contribution in [0.4, 0.5) is 0 Å². The number of benzene rings is 1. The molecule has 7 heteroatoms. The summed E-state index contributed by atoms with van der Waals surface area (Å²) in [6.45, 7) is 5.38. The highest BCUT2D eigenvalue weighted by atomic mass is 35.5. The summed E-state index contributed by atoms with van der Waals surface area (Å²) in [5.41, 5.74) is 2.00. The van der Waals surface area contributed by atoms with Crippen LogP contribution in [0.1, 0.15) is 31.5 Å². The molecule has 1 aliphatic heterocycles. The average Bonchev–Trinajstić information content (AvgIpc) is 3.13. The predicted molar refractivity (Wildman–Crippen MR) is 112 cm³/mol. The second kappa shape index (κ2) is 8.84. The number of hydrogen-bond donors (Lipinski definition) is 1. The van der Waals surface area contributed by atoms with Crippen molar-refractivity contribution in [2.45, 2.75) is 20.3 Å². The van der Waals surface area contributed by atoms with E-state index in [9.17, 15) is 9.59 Å². The van der Waals surface area contributed by atoms with Crippen LogP contribution in [0.5, 0.6) is 5.75 Å². The Labute approximate surface area is 173 Å². The predicted octanol–water partition coefficient (Wildman–Crippen LogP) is 4.38. The molecule has 28 heavy (non-hydrogen) atoms. The molecule has 0 spiro atoms. The van der Waals surface area contributed by atoms with Gasteiger partial charge in [0.05, 0.1) is 11.6 Å². The number of likely N-dealkylation sites (tertiary alicyclic amines) is 1. The topological polar surface area (TPSA) is 62.4 Å². The Morgan fingerprint density at radius 1 is 1.29 bits per heavy atom. The third-order valence-electron chi connectivity index (χ3n) is 4.77. The number of amides is 1. The molecule has 1 aromatic carbocycles. The van der Waals surface area contributed by atoms with Gasteiger partial charge in [0.2, 0.25) is 5.91 Å². The fraction of sp³-hybridized carbons (Fsp3) is 0.333. The number of pyridine rings is 1. The fourth-order valence-electron chi connectivity index (χ4n) is 3.34. The zero-order chi connectivity index (χ0) is 20.3. The quantitative estimate of drug-likeness (QED) is 0.780. The minimum atomic E-state index is -0.348. The van der Waals surface area contributed by atoms with Gasteiger partial charge >= 0.3 is 0 Å². The van der Waals surface area contributed by atoms with E-state index in [1.165, 1.54) is 0 Å². The van der Waals surface area contributed by atoms with Crippen molar-refractivity contribution < 1.29 is 9.53 Å². The summed E-state index contributed by atoms with van der Waals surface area (Å²) >= 11 is 12.3. The van der Waals surface area contributed by atoms with Crippen LogP contribution in [-0.4, -0.2) is 35.5 Å². The molecule has 0 unspecified atom stereocenters. The zero-order valence-electron chi connectivity index (χ0n) is 15.8. The van der Waals surface area contributed by atoms with Crippen LogP contribution >= 0.6 is 23.2 Å².